The summed E-state index contributed by atoms with van der Waals surface area (Å²) in [6.07, 6.45) is 1.54. The molecule has 3 aromatic rings. The van der Waals surface area contributed by atoms with Crippen molar-refractivity contribution < 1.29 is 18.7 Å². The van der Waals surface area contributed by atoms with Gasteiger partial charge in [-0.1, -0.05) is 34.1 Å². The zero-order chi connectivity index (χ0) is 20.6. The second kappa shape index (κ2) is 9.79. The molecule has 0 spiro atoms. The monoisotopic (exact) mass is 457 g/mol. The number of amides is 2. The van der Waals surface area contributed by atoms with Gasteiger partial charge in [0.1, 0.15) is 11.6 Å². The van der Waals surface area contributed by atoms with E-state index >= 15 is 0 Å². The summed E-state index contributed by atoms with van der Waals surface area (Å²) in [7, 11) is 0. The summed E-state index contributed by atoms with van der Waals surface area (Å²) in [5.74, 6) is -0.574. The normalized spacial score (nSPS) is 10.3. The molecule has 0 radical (unpaired) electrons. The van der Waals surface area contributed by atoms with Crippen LogP contribution in [-0.2, 0) is 11.3 Å². The van der Waals surface area contributed by atoms with E-state index in [1.54, 1.807) is 42.5 Å². The Hall–Kier alpha value is -3.26. The van der Waals surface area contributed by atoms with Gasteiger partial charge in [-0.25, -0.2) is 9.37 Å². The van der Waals surface area contributed by atoms with Gasteiger partial charge in [-0.2, -0.15) is 0 Å². The van der Waals surface area contributed by atoms with Crippen LogP contribution in [0.2, 0.25) is 0 Å². The molecule has 0 bridgehead atoms. The van der Waals surface area contributed by atoms with E-state index in [1.165, 1.54) is 24.4 Å². The van der Waals surface area contributed by atoms with Gasteiger partial charge in [0.2, 0.25) is 11.8 Å². The van der Waals surface area contributed by atoms with Crippen molar-refractivity contribution in [2.45, 2.75) is 6.54 Å². The van der Waals surface area contributed by atoms with Gasteiger partial charge in [0.15, 0.2) is 0 Å². The third kappa shape index (κ3) is 6.11. The lowest BCUT2D eigenvalue weighted by Gasteiger charge is -2.11. The van der Waals surface area contributed by atoms with Crippen molar-refractivity contribution in [3.05, 3.63) is 88.3 Å². The van der Waals surface area contributed by atoms with E-state index in [2.05, 4.69) is 31.5 Å². The smallest absolute Gasteiger partial charge is 0.251 e. The Labute approximate surface area is 175 Å². The second-order valence-electron chi connectivity index (χ2n) is 6.00. The number of ether oxygens (including phenoxy) is 1. The molecular formula is C21H17BrFN3O3. The van der Waals surface area contributed by atoms with Crippen molar-refractivity contribution in [2.24, 2.45) is 0 Å². The summed E-state index contributed by atoms with van der Waals surface area (Å²) < 4.78 is 19.7. The minimum absolute atomic E-state index is 0.143. The SMILES string of the molecule is O=C(CNC(=O)c1cccc(Br)c1)NCc1cccnc1Oc1cccc(F)c1. The fourth-order valence-electron chi connectivity index (χ4n) is 2.44. The molecule has 0 unspecified atom stereocenters. The third-order valence-corrected chi connectivity index (χ3v) is 4.33. The first-order chi connectivity index (χ1) is 14.0. The molecule has 8 heteroatoms. The number of halogens is 2. The lowest BCUT2D eigenvalue weighted by Crippen LogP contribution is -2.36. The number of rotatable bonds is 7. The van der Waals surface area contributed by atoms with E-state index in [-0.39, 0.29) is 30.8 Å². The van der Waals surface area contributed by atoms with Crippen LogP contribution in [-0.4, -0.2) is 23.3 Å². The molecule has 1 aromatic heterocycles. The second-order valence-corrected chi connectivity index (χ2v) is 6.91. The van der Waals surface area contributed by atoms with Gasteiger partial charge in [0, 0.05) is 34.4 Å². The first-order valence-electron chi connectivity index (χ1n) is 8.69. The molecule has 2 aromatic carbocycles. The number of hydrogen-bond acceptors (Lipinski definition) is 4. The lowest BCUT2D eigenvalue weighted by atomic mass is 10.2. The summed E-state index contributed by atoms with van der Waals surface area (Å²) in [5.41, 5.74) is 1.06. The quantitative estimate of drug-likeness (QED) is 0.564. The Balaban J connectivity index is 1.54. The Morgan fingerprint density at radius 3 is 2.66 bits per heavy atom. The van der Waals surface area contributed by atoms with Crippen LogP contribution >= 0.6 is 15.9 Å². The highest BCUT2D eigenvalue weighted by Gasteiger charge is 2.11. The van der Waals surface area contributed by atoms with Gasteiger partial charge in [-0.3, -0.25) is 9.59 Å². The standard InChI is InChI=1S/C21H17BrFN3O3/c22-16-6-1-4-14(10-16)20(28)26-13-19(27)25-12-15-5-3-9-24-21(15)29-18-8-2-7-17(23)11-18/h1-11H,12-13H2,(H,25,27)(H,26,28). The largest absolute Gasteiger partial charge is 0.439 e. The van der Waals surface area contributed by atoms with Crippen LogP contribution in [0.15, 0.2) is 71.3 Å². The Kier molecular flexibility index (Phi) is 6.91. The highest BCUT2D eigenvalue weighted by Crippen LogP contribution is 2.23. The third-order valence-electron chi connectivity index (χ3n) is 3.83. The van der Waals surface area contributed by atoms with E-state index in [1.807, 2.05) is 0 Å². The molecular weight excluding hydrogens is 441 g/mol. The minimum atomic E-state index is -0.422. The van der Waals surface area contributed by atoms with Crippen LogP contribution in [0.5, 0.6) is 11.6 Å². The van der Waals surface area contributed by atoms with Crippen LogP contribution in [0, 0.1) is 5.82 Å². The molecule has 3 rings (SSSR count). The topological polar surface area (TPSA) is 80.3 Å². The fourth-order valence-corrected chi connectivity index (χ4v) is 2.84. The van der Waals surface area contributed by atoms with Crippen molar-refractivity contribution in [1.82, 2.24) is 15.6 Å². The molecule has 6 nitrogen and oxygen atoms in total. The number of aromatic nitrogens is 1. The molecule has 0 fully saturated rings. The summed E-state index contributed by atoms with van der Waals surface area (Å²) in [4.78, 5) is 28.3. The minimum Gasteiger partial charge on any atom is -0.439 e. The molecule has 0 aliphatic carbocycles. The number of nitrogens with zero attached hydrogens (tertiary/aromatic N) is 1. The van der Waals surface area contributed by atoms with Crippen molar-refractivity contribution >= 4 is 27.7 Å². The van der Waals surface area contributed by atoms with Crippen LogP contribution in [0.25, 0.3) is 0 Å². The van der Waals surface area contributed by atoms with Crippen LogP contribution < -0.4 is 15.4 Å². The van der Waals surface area contributed by atoms with Crippen molar-refractivity contribution in [1.29, 1.82) is 0 Å². The molecule has 0 aliphatic rings. The lowest BCUT2D eigenvalue weighted by molar-refractivity contribution is -0.120. The molecule has 0 aliphatic heterocycles. The number of carbonyl (C=O) groups excluding carboxylic acids is 2. The average molecular weight is 458 g/mol. The Morgan fingerprint density at radius 1 is 1.03 bits per heavy atom. The fraction of sp³-hybridized carbons (Fsp3) is 0.0952. The van der Waals surface area contributed by atoms with Gasteiger partial charge >= 0.3 is 0 Å². The molecule has 2 N–H and O–H groups in total. The first kappa shape index (κ1) is 20.5. The molecule has 2 amide bonds. The summed E-state index contributed by atoms with van der Waals surface area (Å²) in [5, 5.41) is 5.26. The molecule has 1 heterocycles. The summed E-state index contributed by atoms with van der Waals surface area (Å²) >= 11 is 3.30. The first-order valence-corrected chi connectivity index (χ1v) is 9.48. The van der Waals surface area contributed by atoms with Gasteiger partial charge in [-0.05, 0) is 36.4 Å². The number of benzene rings is 2. The van der Waals surface area contributed by atoms with E-state index in [0.29, 0.717) is 16.9 Å². The van der Waals surface area contributed by atoms with E-state index in [0.717, 1.165) is 4.47 Å². The zero-order valence-electron chi connectivity index (χ0n) is 15.2. The number of nitrogens with one attached hydrogen (secondary N) is 2. The van der Waals surface area contributed by atoms with Crippen LogP contribution in [0.4, 0.5) is 4.39 Å². The highest BCUT2D eigenvalue weighted by atomic mass is 79.9. The maximum absolute atomic E-state index is 13.3. The van der Waals surface area contributed by atoms with Gasteiger partial charge in [0.05, 0.1) is 6.54 Å². The molecule has 29 heavy (non-hydrogen) atoms. The van der Waals surface area contributed by atoms with Crippen LogP contribution in [0.3, 0.4) is 0 Å². The van der Waals surface area contributed by atoms with Crippen molar-refractivity contribution in [3.63, 3.8) is 0 Å². The van der Waals surface area contributed by atoms with Crippen LogP contribution in [0.1, 0.15) is 15.9 Å². The zero-order valence-corrected chi connectivity index (χ0v) is 16.8. The molecule has 0 saturated carbocycles. The van der Waals surface area contributed by atoms with E-state index in [4.69, 9.17) is 4.74 Å². The predicted molar refractivity (Wildman–Crippen MR) is 109 cm³/mol. The van der Waals surface area contributed by atoms with Crippen molar-refractivity contribution in [3.8, 4) is 11.6 Å². The number of hydrogen-bond donors (Lipinski definition) is 2. The molecule has 148 valence electrons. The number of carbonyl (C=O) groups is 2. The maximum atomic E-state index is 13.3. The molecule has 0 atom stereocenters. The predicted octanol–water partition coefficient (Wildman–Crippen LogP) is 3.82. The maximum Gasteiger partial charge on any atom is 0.251 e. The summed E-state index contributed by atoms with van der Waals surface area (Å²) in [6, 6.07) is 16.0. The number of pyridine rings is 1. The van der Waals surface area contributed by atoms with Gasteiger partial charge < -0.3 is 15.4 Å². The van der Waals surface area contributed by atoms with Crippen molar-refractivity contribution in [2.75, 3.05) is 6.54 Å². The van der Waals surface area contributed by atoms with E-state index in [9.17, 15) is 14.0 Å². The highest BCUT2D eigenvalue weighted by molar-refractivity contribution is 9.10. The summed E-state index contributed by atoms with van der Waals surface area (Å²) in [6.45, 7) is -0.0320. The molecule has 0 saturated heterocycles. The Bertz CT molecular complexity index is 1030. The Morgan fingerprint density at radius 2 is 1.86 bits per heavy atom. The van der Waals surface area contributed by atoms with E-state index < -0.39 is 5.82 Å². The van der Waals surface area contributed by atoms with Gasteiger partial charge in [-0.15, -0.1) is 0 Å². The van der Waals surface area contributed by atoms with Gasteiger partial charge in [0.25, 0.3) is 5.91 Å². The average Bonchev–Trinajstić information content (AvgIpc) is 2.71.